The summed E-state index contributed by atoms with van der Waals surface area (Å²) in [6.07, 6.45) is -1.87. The standard InChI is InChI=1S/C13H12F2O3/c14-13(15)10(16)8-12(17)18-11(13)7-6-9-4-2-1-3-5-9/h1-7,10-11,16H,8H2/b7-6+. The number of hydrogen-bond acceptors (Lipinski definition) is 3. The van der Waals surface area contributed by atoms with Crippen LogP contribution in [0.4, 0.5) is 8.78 Å². The number of carbonyl (C=O) groups excluding carboxylic acids is 1. The van der Waals surface area contributed by atoms with Crippen LogP contribution in [0.2, 0.25) is 0 Å². The van der Waals surface area contributed by atoms with Crippen LogP contribution in [0.15, 0.2) is 36.4 Å². The fraction of sp³-hybridized carbons (Fsp3) is 0.308. The molecule has 0 bridgehead atoms. The zero-order chi connectivity index (χ0) is 13.2. The quantitative estimate of drug-likeness (QED) is 0.821. The van der Waals surface area contributed by atoms with Gasteiger partial charge in [0, 0.05) is 0 Å². The van der Waals surface area contributed by atoms with Gasteiger partial charge >= 0.3 is 11.9 Å². The molecule has 1 aromatic rings. The molecule has 0 spiro atoms. The third kappa shape index (κ3) is 2.56. The molecule has 2 unspecified atom stereocenters. The molecule has 0 radical (unpaired) electrons. The number of hydrogen-bond donors (Lipinski definition) is 1. The molecule has 1 heterocycles. The molecule has 1 aliphatic heterocycles. The van der Waals surface area contributed by atoms with Crippen LogP contribution in [-0.4, -0.2) is 29.2 Å². The summed E-state index contributed by atoms with van der Waals surface area (Å²) in [7, 11) is 0. The molecule has 3 nitrogen and oxygen atoms in total. The lowest BCUT2D eigenvalue weighted by Gasteiger charge is -2.32. The smallest absolute Gasteiger partial charge is 0.313 e. The fourth-order valence-corrected chi connectivity index (χ4v) is 1.68. The van der Waals surface area contributed by atoms with Crippen molar-refractivity contribution in [2.24, 2.45) is 0 Å². The van der Waals surface area contributed by atoms with E-state index in [0.29, 0.717) is 5.56 Å². The summed E-state index contributed by atoms with van der Waals surface area (Å²) in [6, 6.07) is 8.79. The number of benzene rings is 1. The van der Waals surface area contributed by atoms with Gasteiger partial charge in [-0.2, -0.15) is 8.78 Å². The van der Waals surface area contributed by atoms with Crippen molar-refractivity contribution in [1.29, 1.82) is 0 Å². The lowest BCUT2D eigenvalue weighted by Crippen LogP contribution is -2.51. The van der Waals surface area contributed by atoms with Gasteiger partial charge in [-0.1, -0.05) is 36.4 Å². The van der Waals surface area contributed by atoms with E-state index in [9.17, 15) is 18.7 Å². The largest absolute Gasteiger partial charge is 0.451 e. The van der Waals surface area contributed by atoms with Crippen molar-refractivity contribution in [2.45, 2.75) is 24.6 Å². The molecule has 96 valence electrons. The summed E-state index contributed by atoms with van der Waals surface area (Å²) in [6.45, 7) is 0. The Morgan fingerprint density at radius 3 is 2.67 bits per heavy atom. The van der Waals surface area contributed by atoms with Crippen LogP contribution in [0, 0.1) is 0 Å². The van der Waals surface area contributed by atoms with E-state index in [0.717, 1.165) is 6.08 Å². The summed E-state index contributed by atoms with van der Waals surface area (Å²) in [5, 5.41) is 9.19. The molecule has 1 N–H and O–H groups in total. The van der Waals surface area contributed by atoms with Gasteiger partial charge in [-0.3, -0.25) is 4.79 Å². The number of aliphatic hydroxyl groups is 1. The van der Waals surface area contributed by atoms with E-state index >= 15 is 0 Å². The molecule has 0 saturated carbocycles. The molecule has 0 aromatic heterocycles. The Morgan fingerprint density at radius 1 is 1.33 bits per heavy atom. The second kappa shape index (κ2) is 4.86. The molecule has 1 saturated heterocycles. The molecule has 2 atom stereocenters. The average Bonchev–Trinajstić information content (AvgIpc) is 2.34. The van der Waals surface area contributed by atoms with Gasteiger partial charge in [0.2, 0.25) is 0 Å². The number of esters is 1. The SMILES string of the molecule is O=C1CC(O)C(F)(F)C(/C=C/c2ccccc2)O1. The summed E-state index contributed by atoms with van der Waals surface area (Å²) >= 11 is 0. The van der Waals surface area contributed by atoms with Gasteiger partial charge in [0.25, 0.3) is 0 Å². The molecular weight excluding hydrogens is 242 g/mol. The van der Waals surface area contributed by atoms with Crippen molar-refractivity contribution in [3.8, 4) is 0 Å². The van der Waals surface area contributed by atoms with Crippen LogP contribution in [0.3, 0.4) is 0 Å². The first kappa shape index (κ1) is 12.7. The maximum Gasteiger partial charge on any atom is 0.313 e. The van der Waals surface area contributed by atoms with E-state index in [-0.39, 0.29) is 0 Å². The first-order valence-corrected chi connectivity index (χ1v) is 5.49. The summed E-state index contributed by atoms with van der Waals surface area (Å²) in [5.74, 6) is -4.28. The predicted octanol–water partition coefficient (Wildman–Crippen LogP) is 2.01. The normalized spacial score (nSPS) is 27.2. The third-order valence-corrected chi connectivity index (χ3v) is 2.71. The van der Waals surface area contributed by atoms with Gasteiger partial charge in [-0.15, -0.1) is 0 Å². The van der Waals surface area contributed by atoms with Crippen LogP contribution in [-0.2, 0) is 9.53 Å². The first-order valence-electron chi connectivity index (χ1n) is 5.49. The Labute approximate surface area is 103 Å². The average molecular weight is 254 g/mol. The molecule has 0 aliphatic carbocycles. The van der Waals surface area contributed by atoms with E-state index in [1.54, 1.807) is 30.3 Å². The highest BCUT2D eigenvalue weighted by atomic mass is 19.3. The molecule has 1 aliphatic rings. The van der Waals surface area contributed by atoms with Crippen LogP contribution in [0.1, 0.15) is 12.0 Å². The lowest BCUT2D eigenvalue weighted by molar-refractivity contribution is -0.215. The Kier molecular flexibility index (Phi) is 3.43. The minimum Gasteiger partial charge on any atom is -0.451 e. The molecule has 0 amide bonds. The number of carbonyl (C=O) groups is 1. The van der Waals surface area contributed by atoms with E-state index in [4.69, 9.17) is 0 Å². The minimum atomic E-state index is -3.46. The van der Waals surface area contributed by atoms with Gasteiger partial charge in [0.15, 0.2) is 6.10 Å². The molecule has 1 fully saturated rings. The number of aliphatic hydroxyl groups excluding tert-OH is 1. The topological polar surface area (TPSA) is 46.5 Å². The summed E-state index contributed by atoms with van der Waals surface area (Å²) < 4.78 is 31.7. The van der Waals surface area contributed by atoms with Gasteiger partial charge in [-0.25, -0.2) is 0 Å². The number of rotatable bonds is 2. The highest BCUT2D eigenvalue weighted by Gasteiger charge is 2.52. The van der Waals surface area contributed by atoms with Crippen LogP contribution >= 0.6 is 0 Å². The summed E-state index contributed by atoms with van der Waals surface area (Å²) in [4.78, 5) is 11.0. The van der Waals surface area contributed by atoms with E-state index in [2.05, 4.69) is 4.74 Å². The van der Waals surface area contributed by atoms with Gasteiger partial charge < -0.3 is 9.84 Å². The first-order chi connectivity index (χ1) is 8.50. The van der Waals surface area contributed by atoms with Gasteiger partial charge in [0.05, 0.1) is 6.42 Å². The number of halogens is 2. The van der Waals surface area contributed by atoms with Crippen molar-refractivity contribution in [2.75, 3.05) is 0 Å². The maximum atomic E-state index is 13.6. The molecule has 18 heavy (non-hydrogen) atoms. The second-order valence-electron chi connectivity index (χ2n) is 4.07. The molecular formula is C13H12F2O3. The van der Waals surface area contributed by atoms with Gasteiger partial charge in [-0.05, 0) is 11.6 Å². The second-order valence-corrected chi connectivity index (χ2v) is 4.07. The third-order valence-electron chi connectivity index (χ3n) is 2.71. The summed E-state index contributed by atoms with van der Waals surface area (Å²) in [5.41, 5.74) is 0.712. The van der Waals surface area contributed by atoms with Crippen molar-refractivity contribution in [3.05, 3.63) is 42.0 Å². The van der Waals surface area contributed by atoms with Crippen molar-refractivity contribution in [1.82, 2.24) is 0 Å². The highest BCUT2D eigenvalue weighted by Crippen LogP contribution is 2.33. The molecule has 2 rings (SSSR count). The van der Waals surface area contributed by atoms with Crippen molar-refractivity contribution >= 4 is 12.0 Å². The van der Waals surface area contributed by atoms with E-state index in [1.807, 2.05) is 0 Å². The Morgan fingerprint density at radius 2 is 2.00 bits per heavy atom. The highest BCUT2D eigenvalue weighted by molar-refractivity contribution is 5.72. The Bertz CT molecular complexity index is 457. The zero-order valence-corrected chi connectivity index (χ0v) is 9.42. The fourth-order valence-electron chi connectivity index (χ4n) is 1.68. The van der Waals surface area contributed by atoms with Crippen molar-refractivity contribution < 1.29 is 23.4 Å². The van der Waals surface area contributed by atoms with Crippen LogP contribution in [0.5, 0.6) is 0 Å². The maximum absolute atomic E-state index is 13.6. The van der Waals surface area contributed by atoms with E-state index in [1.165, 1.54) is 6.08 Å². The number of alkyl halides is 2. The Balaban J connectivity index is 2.16. The molecule has 1 aromatic carbocycles. The minimum absolute atomic E-state index is 0.678. The van der Waals surface area contributed by atoms with E-state index < -0.39 is 30.5 Å². The van der Waals surface area contributed by atoms with Crippen LogP contribution in [0.25, 0.3) is 6.08 Å². The molecule has 5 heteroatoms. The van der Waals surface area contributed by atoms with Crippen molar-refractivity contribution in [3.63, 3.8) is 0 Å². The van der Waals surface area contributed by atoms with Crippen LogP contribution < -0.4 is 0 Å². The lowest BCUT2D eigenvalue weighted by atomic mass is 9.99. The number of ether oxygens (including phenoxy) is 1. The van der Waals surface area contributed by atoms with Gasteiger partial charge in [0.1, 0.15) is 6.10 Å². The number of cyclic esters (lactones) is 1. The Hall–Kier alpha value is -1.75. The zero-order valence-electron chi connectivity index (χ0n) is 9.42. The predicted molar refractivity (Wildman–Crippen MR) is 60.9 cm³/mol. The monoisotopic (exact) mass is 254 g/mol.